The van der Waals surface area contributed by atoms with Crippen LogP contribution in [0.4, 0.5) is 0 Å². The fourth-order valence-electron chi connectivity index (χ4n) is 3.91. The van der Waals surface area contributed by atoms with E-state index in [2.05, 4.69) is 41.4 Å². The number of allylic oxidation sites excluding steroid dienone is 1. The van der Waals surface area contributed by atoms with Crippen LogP contribution in [0.5, 0.6) is 0 Å². The van der Waals surface area contributed by atoms with Crippen LogP contribution in [0.15, 0.2) is 42.6 Å². The summed E-state index contributed by atoms with van der Waals surface area (Å²) < 4.78 is 0. The molecule has 2 aromatic rings. The van der Waals surface area contributed by atoms with Gasteiger partial charge in [-0.3, -0.25) is 4.98 Å². The predicted octanol–water partition coefficient (Wildman–Crippen LogP) is 5.51. The fraction of sp³-hybridized carbons (Fsp3) is 0.409. The van der Waals surface area contributed by atoms with Gasteiger partial charge in [0.05, 0.1) is 5.69 Å². The lowest BCUT2D eigenvalue weighted by Gasteiger charge is -2.09. The normalized spacial score (nSPS) is 18.0. The molecular formula is C22H25N. The predicted molar refractivity (Wildman–Crippen MR) is 96.6 cm³/mol. The van der Waals surface area contributed by atoms with Gasteiger partial charge in [-0.2, -0.15) is 0 Å². The molecular weight excluding hydrogens is 278 g/mol. The Balaban J connectivity index is 1.71. The molecule has 23 heavy (non-hydrogen) atoms. The molecule has 1 heteroatoms. The molecule has 4 rings (SSSR count). The molecule has 0 N–H and O–H groups in total. The van der Waals surface area contributed by atoms with E-state index in [-0.39, 0.29) is 0 Å². The molecule has 0 saturated carbocycles. The van der Waals surface area contributed by atoms with Gasteiger partial charge in [-0.25, -0.2) is 0 Å². The molecule has 0 radical (unpaired) electrons. The number of pyridine rings is 1. The summed E-state index contributed by atoms with van der Waals surface area (Å²) in [6.45, 7) is 0. The first-order valence-electron chi connectivity index (χ1n) is 9.18. The van der Waals surface area contributed by atoms with Crippen LogP contribution >= 0.6 is 0 Å². The highest BCUT2D eigenvalue weighted by Crippen LogP contribution is 2.33. The highest BCUT2D eigenvalue weighted by Gasteiger charge is 2.17. The van der Waals surface area contributed by atoms with Crippen LogP contribution in [0.25, 0.3) is 5.57 Å². The molecule has 0 spiro atoms. The maximum absolute atomic E-state index is 4.67. The Labute approximate surface area is 139 Å². The summed E-state index contributed by atoms with van der Waals surface area (Å²) >= 11 is 0. The van der Waals surface area contributed by atoms with Gasteiger partial charge in [-0.05, 0) is 66.5 Å². The lowest BCUT2D eigenvalue weighted by Crippen LogP contribution is -1.95. The molecule has 118 valence electrons. The zero-order valence-electron chi connectivity index (χ0n) is 13.9. The first-order chi connectivity index (χ1) is 11.4. The number of aromatic nitrogens is 1. The standard InChI is InChI=1S/C22H25N/c1-2-4-6-8-18-13-14-23-22(16-18)20-12-11-19-10-9-17(7-5-3-1)15-21(19)20/h9-10,12-16H,1-8,11H2. The van der Waals surface area contributed by atoms with Gasteiger partial charge >= 0.3 is 0 Å². The maximum atomic E-state index is 4.67. The van der Waals surface area contributed by atoms with E-state index >= 15 is 0 Å². The topological polar surface area (TPSA) is 12.9 Å². The van der Waals surface area contributed by atoms with Crippen molar-refractivity contribution in [2.45, 2.75) is 57.8 Å². The van der Waals surface area contributed by atoms with Crippen LogP contribution in [0.3, 0.4) is 0 Å². The van der Waals surface area contributed by atoms with Gasteiger partial charge in [0.15, 0.2) is 0 Å². The molecule has 0 aliphatic heterocycles. The zero-order valence-corrected chi connectivity index (χ0v) is 13.9. The number of hydrogen-bond donors (Lipinski definition) is 0. The van der Waals surface area contributed by atoms with E-state index in [4.69, 9.17) is 0 Å². The summed E-state index contributed by atoms with van der Waals surface area (Å²) in [4.78, 5) is 4.67. The summed E-state index contributed by atoms with van der Waals surface area (Å²) in [5, 5.41) is 0. The Hall–Kier alpha value is -1.89. The minimum Gasteiger partial charge on any atom is -0.256 e. The van der Waals surface area contributed by atoms with Crippen LogP contribution in [0.2, 0.25) is 0 Å². The van der Waals surface area contributed by atoms with Crippen molar-refractivity contribution in [3.63, 3.8) is 0 Å². The summed E-state index contributed by atoms with van der Waals surface area (Å²) in [6.07, 6.45) is 15.9. The van der Waals surface area contributed by atoms with Crippen LogP contribution in [0, 0.1) is 0 Å². The van der Waals surface area contributed by atoms with Gasteiger partial charge in [0.1, 0.15) is 0 Å². The minimum atomic E-state index is 1.05. The van der Waals surface area contributed by atoms with E-state index in [0.717, 1.165) is 12.1 Å². The van der Waals surface area contributed by atoms with E-state index in [1.54, 1.807) is 0 Å². The minimum absolute atomic E-state index is 1.05. The van der Waals surface area contributed by atoms with E-state index in [1.807, 2.05) is 6.20 Å². The largest absolute Gasteiger partial charge is 0.256 e. The summed E-state index contributed by atoms with van der Waals surface area (Å²) in [5.41, 5.74) is 8.31. The molecule has 0 saturated heterocycles. The number of aryl methyl sites for hydroxylation is 2. The van der Waals surface area contributed by atoms with E-state index in [1.165, 1.54) is 79.2 Å². The molecule has 0 fully saturated rings. The molecule has 4 bridgehead atoms. The second-order valence-electron chi connectivity index (χ2n) is 6.98. The molecule has 0 atom stereocenters. The molecule has 0 amide bonds. The maximum Gasteiger partial charge on any atom is 0.0707 e. The van der Waals surface area contributed by atoms with Gasteiger partial charge in [0.2, 0.25) is 0 Å². The molecule has 1 aromatic carbocycles. The summed E-state index contributed by atoms with van der Waals surface area (Å²) in [5.74, 6) is 0. The number of nitrogens with zero attached hydrogens (tertiary/aromatic N) is 1. The SMILES string of the molecule is C1=C2c3cc(ccn3)CCCCCCCCc3ccc(c2c3)C1. The van der Waals surface area contributed by atoms with Crippen molar-refractivity contribution in [2.24, 2.45) is 0 Å². The molecule has 1 aromatic heterocycles. The Morgan fingerprint density at radius 2 is 1.48 bits per heavy atom. The highest BCUT2D eigenvalue weighted by atomic mass is 14.7. The Morgan fingerprint density at radius 3 is 2.30 bits per heavy atom. The van der Waals surface area contributed by atoms with Crippen molar-refractivity contribution >= 4 is 5.57 Å². The average Bonchev–Trinajstić information content (AvgIpc) is 3.00. The second-order valence-corrected chi connectivity index (χ2v) is 6.98. The van der Waals surface area contributed by atoms with E-state index in [9.17, 15) is 0 Å². The molecule has 1 nitrogen and oxygen atoms in total. The quantitative estimate of drug-likeness (QED) is 0.625. The molecule has 0 unspecified atom stereocenters. The lowest BCUT2D eigenvalue weighted by atomic mass is 9.97. The van der Waals surface area contributed by atoms with Crippen LogP contribution in [-0.2, 0) is 19.3 Å². The number of rotatable bonds is 0. The van der Waals surface area contributed by atoms with Crippen molar-refractivity contribution in [1.82, 2.24) is 4.98 Å². The zero-order chi connectivity index (χ0) is 15.5. The van der Waals surface area contributed by atoms with Crippen molar-refractivity contribution in [3.05, 3.63) is 70.6 Å². The smallest absolute Gasteiger partial charge is 0.0707 e. The first-order valence-corrected chi connectivity index (χ1v) is 9.18. The van der Waals surface area contributed by atoms with E-state index in [0.29, 0.717) is 0 Å². The summed E-state index contributed by atoms with van der Waals surface area (Å²) in [6, 6.07) is 11.6. The van der Waals surface area contributed by atoms with Gasteiger partial charge in [0.25, 0.3) is 0 Å². The number of hydrogen-bond acceptors (Lipinski definition) is 1. The van der Waals surface area contributed by atoms with Crippen molar-refractivity contribution < 1.29 is 0 Å². The Bertz CT molecular complexity index is 727. The Morgan fingerprint density at radius 1 is 0.739 bits per heavy atom. The van der Waals surface area contributed by atoms with Gasteiger partial charge in [-0.1, -0.05) is 50.0 Å². The summed E-state index contributed by atoms with van der Waals surface area (Å²) in [7, 11) is 0. The van der Waals surface area contributed by atoms with Crippen molar-refractivity contribution in [1.29, 1.82) is 0 Å². The first kappa shape index (κ1) is 14.7. The lowest BCUT2D eigenvalue weighted by molar-refractivity contribution is 0.594. The number of benzene rings is 1. The average molecular weight is 303 g/mol. The van der Waals surface area contributed by atoms with Gasteiger partial charge in [0, 0.05) is 11.8 Å². The fourth-order valence-corrected chi connectivity index (χ4v) is 3.91. The third-order valence-corrected chi connectivity index (χ3v) is 5.27. The van der Waals surface area contributed by atoms with Crippen LogP contribution in [0.1, 0.15) is 66.5 Å². The van der Waals surface area contributed by atoms with Gasteiger partial charge < -0.3 is 0 Å². The highest BCUT2D eigenvalue weighted by molar-refractivity contribution is 5.83. The van der Waals surface area contributed by atoms with E-state index < -0.39 is 0 Å². The Kier molecular flexibility index (Phi) is 4.28. The van der Waals surface area contributed by atoms with Crippen molar-refractivity contribution in [3.8, 4) is 0 Å². The molecule has 1 heterocycles. The van der Waals surface area contributed by atoms with Crippen LogP contribution < -0.4 is 0 Å². The van der Waals surface area contributed by atoms with Crippen molar-refractivity contribution in [2.75, 3.05) is 0 Å². The molecule has 2 aliphatic carbocycles. The molecule has 2 aliphatic rings. The second kappa shape index (κ2) is 6.70. The number of fused-ring (bicyclic) bond motifs is 4. The van der Waals surface area contributed by atoms with Gasteiger partial charge in [-0.15, -0.1) is 0 Å². The third kappa shape index (κ3) is 3.24. The van der Waals surface area contributed by atoms with Crippen LogP contribution in [-0.4, -0.2) is 4.98 Å². The third-order valence-electron chi connectivity index (χ3n) is 5.27. The monoisotopic (exact) mass is 303 g/mol.